The van der Waals surface area contributed by atoms with Crippen molar-refractivity contribution in [3.8, 4) is 0 Å². The largest absolute Gasteiger partial charge is 0.490 e. The molecule has 0 amide bonds. The Morgan fingerprint density at radius 3 is 2.06 bits per heavy atom. The number of pyridine rings is 1. The Balaban J connectivity index is 0.000000540. The number of aliphatic carboxylic acids is 1. The Hall–Kier alpha value is -2.77. The SMILES string of the molecule is O=C(O)C(F)(F)F.O=C(O)c1cnc(N2CCCCCC2)c(NS(=O)(=O)c2ccc(Cl)c(Cl)c2)c1. The van der Waals surface area contributed by atoms with Gasteiger partial charge in [-0.3, -0.25) is 4.72 Å². The van der Waals surface area contributed by atoms with Gasteiger partial charge >= 0.3 is 18.1 Å². The second-order valence-electron chi connectivity index (χ2n) is 7.29. The topological polar surface area (TPSA) is 137 Å². The number of hydrogen-bond donors (Lipinski definition) is 3. The number of benzene rings is 1. The lowest BCUT2D eigenvalue weighted by molar-refractivity contribution is -0.192. The predicted molar refractivity (Wildman–Crippen MR) is 123 cm³/mol. The molecule has 0 saturated carbocycles. The first-order valence-electron chi connectivity index (χ1n) is 9.98. The molecule has 192 valence electrons. The van der Waals surface area contributed by atoms with Crippen molar-refractivity contribution in [1.29, 1.82) is 0 Å². The summed E-state index contributed by atoms with van der Waals surface area (Å²) in [4.78, 5) is 26.4. The van der Waals surface area contributed by atoms with E-state index < -0.39 is 28.1 Å². The van der Waals surface area contributed by atoms with Gasteiger partial charge in [0, 0.05) is 19.3 Å². The van der Waals surface area contributed by atoms with Crippen molar-refractivity contribution in [3.63, 3.8) is 0 Å². The standard InChI is InChI=1S/C18H19Cl2N3O4S.C2HF3O2/c19-14-6-5-13(10-15(14)20)28(26,27)22-16-9-12(18(24)25)11-21-17(16)23-7-3-1-2-4-8-23;3-2(4,5)1(6)7/h5-6,9-11,22H,1-4,7-8H2,(H,24,25);(H,6,7). The average Bonchev–Trinajstić information content (AvgIpc) is 3.04. The van der Waals surface area contributed by atoms with Crippen molar-refractivity contribution < 1.29 is 41.4 Å². The second-order valence-corrected chi connectivity index (χ2v) is 9.78. The number of aromatic carboxylic acids is 1. The van der Waals surface area contributed by atoms with Gasteiger partial charge in [0.1, 0.15) is 0 Å². The van der Waals surface area contributed by atoms with Crippen LogP contribution in [0.4, 0.5) is 24.7 Å². The number of anilines is 2. The fourth-order valence-corrected chi connectivity index (χ4v) is 4.47. The molecule has 1 aromatic heterocycles. The van der Waals surface area contributed by atoms with E-state index >= 15 is 0 Å². The Bertz CT molecular complexity index is 1190. The van der Waals surface area contributed by atoms with E-state index in [4.69, 9.17) is 33.1 Å². The van der Waals surface area contributed by atoms with Crippen LogP contribution in [0.15, 0.2) is 35.4 Å². The van der Waals surface area contributed by atoms with E-state index in [0.29, 0.717) is 5.82 Å². The van der Waals surface area contributed by atoms with E-state index in [9.17, 15) is 31.5 Å². The highest BCUT2D eigenvalue weighted by atomic mass is 35.5. The van der Waals surface area contributed by atoms with Gasteiger partial charge in [0.05, 0.1) is 26.2 Å². The van der Waals surface area contributed by atoms with Gasteiger partial charge < -0.3 is 15.1 Å². The maximum atomic E-state index is 12.8. The third-order valence-electron chi connectivity index (χ3n) is 4.71. The summed E-state index contributed by atoms with van der Waals surface area (Å²) in [5, 5.41) is 16.7. The van der Waals surface area contributed by atoms with Gasteiger partial charge in [-0.2, -0.15) is 13.2 Å². The molecule has 1 aliphatic rings. The number of nitrogens with zero attached hydrogens (tertiary/aromatic N) is 2. The van der Waals surface area contributed by atoms with E-state index in [2.05, 4.69) is 9.71 Å². The fraction of sp³-hybridized carbons (Fsp3) is 0.350. The zero-order valence-corrected chi connectivity index (χ0v) is 20.2. The third kappa shape index (κ3) is 8.15. The molecule has 2 heterocycles. The molecular formula is C20H20Cl2F3N3O6S. The van der Waals surface area contributed by atoms with Gasteiger partial charge in [-0.1, -0.05) is 36.0 Å². The summed E-state index contributed by atoms with van der Waals surface area (Å²) in [7, 11) is -4.02. The van der Waals surface area contributed by atoms with Crippen LogP contribution in [0.5, 0.6) is 0 Å². The highest BCUT2D eigenvalue weighted by Gasteiger charge is 2.38. The summed E-state index contributed by atoms with van der Waals surface area (Å²) >= 11 is 11.8. The lowest BCUT2D eigenvalue weighted by atomic mass is 10.2. The molecule has 2 aromatic rings. The molecule has 15 heteroatoms. The number of sulfonamides is 1. The minimum absolute atomic E-state index is 0.0792. The van der Waals surface area contributed by atoms with E-state index in [1.165, 1.54) is 30.5 Å². The molecule has 0 unspecified atom stereocenters. The lowest BCUT2D eigenvalue weighted by Crippen LogP contribution is -2.27. The van der Waals surface area contributed by atoms with E-state index in [0.717, 1.165) is 38.8 Å². The van der Waals surface area contributed by atoms with E-state index in [1.54, 1.807) is 0 Å². The first-order chi connectivity index (χ1) is 16.2. The Labute approximate surface area is 208 Å². The van der Waals surface area contributed by atoms with Gasteiger partial charge in [0.2, 0.25) is 0 Å². The van der Waals surface area contributed by atoms with Crippen LogP contribution in [0.25, 0.3) is 0 Å². The van der Waals surface area contributed by atoms with Gasteiger partial charge in [-0.25, -0.2) is 23.0 Å². The molecule has 35 heavy (non-hydrogen) atoms. The second kappa shape index (κ2) is 11.8. The predicted octanol–water partition coefficient (Wildman–Crippen LogP) is 4.90. The number of carboxylic acid groups (broad SMARTS) is 2. The van der Waals surface area contributed by atoms with Crippen LogP contribution in [0.1, 0.15) is 36.0 Å². The molecule has 0 spiro atoms. The summed E-state index contributed by atoms with van der Waals surface area (Å²) in [6.07, 6.45) is 0.254. The van der Waals surface area contributed by atoms with Crippen LogP contribution < -0.4 is 9.62 Å². The maximum absolute atomic E-state index is 12.8. The molecule has 3 rings (SSSR count). The zero-order valence-electron chi connectivity index (χ0n) is 17.8. The molecule has 0 aliphatic carbocycles. The number of carbonyl (C=O) groups is 2. The third-order valence-corrected chi connectivity index (χ3v) is 6.81. The number of aromatic nitrogens is 1. The first-order valence-corrected chi connectivity index (χ1v) is 12.2. The number of hydrogen-bond acceptors (Lipinski definition) is 6. The highest BCUT2D eigenvalue weighted by Crippen LogP contribution is 2.31. The van der Waals surface area contributed by atoms with Crippen LogP contribution in [0.3, 0.4) is 0 Å². The summed E-state index contributed by atoms with van der Waals surface area (Å²) < 4.78 is 59.9. The maximum Gasteiger partial charge on any atom is 0.490 e. The van der Waals surface area contributed by atoms with Crippen LogP contribution in [0, 0.1) is 0 Å². The number of carboxylic acids is 2. The van der Waals surface area contributed by atoms with Crippen molar-refractivity contribution in [3.05, 3.63) is 46.1 Å². The van der Waals surface area contributed by atoms with Crippen molar-refractivity contribution >= 4 is 56.7 Å². The zero-order chi connectivity index (χ0) is 26.4. The smallest absolute Gasteiger partial charge is 0.478 e. The number of rotatable bonds is 5. The fourth-order valence-electron chi connectivity index (χ4n) is 3.03. The normalized spacial score (nSPS) is 14.4. The Kier molecular flexibility index (Phi) is 9.58. The summed E-state index contributed by atoms with van der Waals surface area (Å²) in [5.74, 6) is -3.53. The van der Waals surface area contributed by atoms with Crippen LogP contribution in [0.2, 0.25) is 10.0 Å². The minimum Gasteiger partial charge on any atom is -0.478 e. The highest BCUT2D eigenvalue weighted by molar-refractivity contribution is 7.92. The molecule has 0 radical (unpaired) electrons. The molecule has 3 N–H and O–H groups in total. The summed E-state index contributed by atoms with van der Waals surface area (Å²) in [6, 6.07) is 5.24. The van der Waals surface area contributed by atoms with Gasteiger partial charge in [-0.05, 0) is 37.1 Å². The van der Waals surface area contributed by atoms with Gasteiger partial charge in [-0.15, -0.1) is 0 Å². The average molecular weight is 558 g/mol. The molecule has 1 aromatic carbocycles. The molecule has 0 atom stereocenters. The molecule has 0 bridgehead atoms. The number of alkyl halides is 3. The van der Waals surface area contributed by atoms with Crippen LogP contribution in [-0.4, -0.2) is 54.8 Å². The monoisotopic (exact) mass is 557 g/mol. The van der Waals surface area contributed by atoms with Gasteiger partial charge in [0.25, 0.3) is 10.0 Å². The molecule has 1 saturated heterocycles. The summed E-state index contributed by atoms with van der Waals surface area (Å²) in [5.41, 5.74) is 0.0123. The number of nitrogens with one attached hydrogen (secondary N) is 1. The minimum atomic E-state index is -5.08. The first kappa shape index (κ1) is 28.5. The van der Waals surface area contributed by atoms with Crippen molar-refractivity contribution in [2.45, 2.75) is 36.8 Å². The van der Waals surface area contributed by atoms with Crippen molar-refractivity contribution in [1.82, 2.24) is 4.98 Å². The summed E-state index contributed by atoms with van der Waals surface area (Å²) in [6.45, 7) is 1.45. The Morgan fingerprint density at radius 1 is 1.00 bits per heavy atom. The molecule has 1 aliphatic heterocycles. The number of halogens is 5. The molecule has 9 nitrogen and oxygen atoms in total. The van der Waals surface area contributed by atoms with E-state index in [1.807, 2.05) is 4.90 Å². The molecule has 1 fully saturated rings. The molecular weight excluding hydrogens is 538 g/mol. The van der Waals surface area contributed by atoms with Crippen molar-refractivity contribution in [2.75, 3.05) is 22.7 Å². The Morgan fingerprint density at radius 2 is 1.57 bits per heavy atom. The van der Waals surface area contributed by atoms with Gasteiger partial charge in [0.15, 0.2) is 5.82 Å². The van der Waals surface area contributed by atoms with Crippen LogP contribution >= 0.6 is 23.2 Å². The lowest BCUT2D eigenvalue weighted by Gasteiger charge is -2.24. The van der Waals surface area contributed by atoms with Crippen molar-refractivity contribution in [2.24, 2.45) is 0 Å². The van der Waals surface area contributed by atoms with E-state index in [-0.39, 0.29) is 26.2 Å². The quantitative estimate of drug-likeness (QED) is 0.472. The van der Waals surface area contributed by atoms with Crippen LogP contribution in [-0.2, 0) is 14.8 Å².